The zero-order valence-electron chi connectivity index (χ0n) is 10.0. The number of nitrogens with two attached hydrogens (primary N) is 1. The molecule has 0 fully saturated rings. The maximum absolute atomic E-state index is 11.7. The Morgan fingerprint density at radius 1 is 1.37 bits per heavy atom. The number of sulfonamides is 1. The lowest BCUT2D eigenvalue weighted by Crippen LogP contribution is -2.45. The number of para-hydroxylation sites is 2. The van der Waals surface area contributed by atoms with E-state index in [9.17, 15) is 13.2 Å². The van der Waals surface area contributed by atoms with Crippen LogP contribution >= 0.6 is 0 Å². The molecule has 0 aromatic heterocycles. The van der Waals surface area contributed by atoms with Gasteiger partial charge in [-0.1, -0.05) is 12.1 Å². The summed E-state index contributed by atoms with van der Waals surface area (Å²) in [4.78, 5) is 11.7. The fourth-order valence-electron chi connectivity index (χ4n) is 1.58. The van der Waals surface area contributed by atoms with E-state index in [4.69, 9.17) is 14.6 Å². The molecule has 1 atom stereocenters. The molecule has 1 unspecified atom stereocenters. The van der Waals surface area contributed by atoms with Crippen LogP contribution < -0.4 is 19.9 Å². The van der Waals surface area contributed by atoms with Gasteiger partial charge >= 0.3 is 0 Å². The zero-order valence-corrected chi connectivity index (χ0v) is 10.9. The van der Waals surface area contributed by atoms with E-state index in [1.165, 1.54) is 0 Å². The molecule has 2 rings (SSSR count). The number of carbonyl (C=O) groups excluding carboxylic acids is 1. The van der Waals surface area contributed by atoms with Crippen LogP contribution in [-0.2, 0) is 14.8 Å². The molecule has 1 aliphatic heterocycles. The zero-order chi connectivity index (χ0) is 13.9. The summed E-state index contributed by atoms with van der Waals surface area (Å²) >= 11 is 0. The maximum atomic E-state index is 11.7. The maximum Gasteiger partial charge on any atom is 0.264 e. The predicted octanol–water partition coefficient (Wildman–Crippen LogP) is -0.769. The molecule has 1 aromatic rings. The van der Waals surface area contributed by atoms with E-state index in [-0.39, 0.29) is 18.9 Å². The second-order valence-electron chi connectivity index (χ2n) is 4.02. The van der Waals surface area contributed by atoms with Crippen LogP contribution in [0, 0.1) is 0 Å². The summed E-state index contributed by atoms with van der Waals surface area (Å²) in [6.07, 6.45) is -0.796. The second kappa shape index (κ2) is 5.45. The molecule has 0 bridgehead atoms. The summed E-state index contributed by atoms with van der Waals surface area (Å²) in [5.41, 5.74) is 0. The molecule has 8 heteroatoms. The third-order valence-corrected chi connectivity index (χ3v) is 3.26. The van der Waals surface area contributed by atoms with E-state index in [2.05, 4.69) is 5.32 Å². The van der Waals surface area contributed by atoms with Crippen molar-refractivity contribution in [2.45, 2.75) is 6.10 Å². The first-order chi connectivity index (χ1) is 8.96. The van der Waals surface area contributed by atoms with Gasteiger partial charge in [-0.15, -0.1) is 0 Å². The van der Waals surface area contributed by atoms with Gasteiger partial charge in [-0.25, -0.2) is 13.6 Å². The van der Waals surface area contributed by atoms with Crippen LogP contribution in [0.5, 0.6) is 11.5 Å². The smallest absolute Gasteiger partial charge is 0.264 e. The van der Waals surface area contributed by atoms with Crippen molar-refractivity contribution in [3.05, 3.63) is 24.3 Å². The van der Waals surface area contributed by atoms with E-state index in [1.54, 1.807) is 24.3 Å². The molecular formula is C11H14N2O5S. The third-order valence-electron chi connectivity index (χ3n) is 2.49. The minimum atomic E-state index is -3.59. The quantitative estimate of drug-likeness (QED) is 0.755. The van der Waals surface area contributed by atoms with Gasteiger partial charge in [-0.05, 0) is 12.1 Å². The minimum Gasteiger partial charge on any atom is -0.485 e. The van der Waals surface area contributed by atoms with Crippen molar-refractivity contribution in [1.82, 2.24) is 5.32 Å². The number of benzene rings is 1. The lowest BCUT2D eigenvalue weighted by atomic mass is 10.2. The minimum absolute atomic E-state index is 0.0564. The predicted molar refractivity (Wildman–Crippen MR) is 67.3 cm³/mol. The van der Waals surface area contributed by atoms with E-state index in [1.807, 2.05) is 0 Å². The van der Waals surface area contributed by atoms with Crippen molar-refractivity contribution in [3.8, 4) is 11.5 Å². The molecule has 1 amide bonds. The van der Waals surface area contributed by atoms with Gasteiger partial charge < -0.3 is 14.8 Å². The van der Waals surface area contributed by atoms with Crippen LogP contribution in [0.2, 0.25) is 0 Å². The molecule has 1 heterocycles. The summed E-state index contributed by atoms with van der Waals surface area (Å²) < 4.78 is 32.3. The number of nitrogens with one attached hydrogen (secondary N) is 1. The van der Waals surface area contributed by atoms with Gasteiger partial charge in [-0.2, -0.15) is 0 Å². The highest BCUT2D eigenvalue weighted by atomic mass is 32.2. The average Bonchev–Trinajstić information content (AvgIpc) is 2.36. The number of ether oxygens (including phenoxy) is 2. The summed E-state index contributed by atoms with van der Waals surface area (Å²) in [5, 5.41) is 7.26. The van der Waals surface area contributed by atoms with Gasteiger partial charge in [0.2, 0.25) is 16.1 Å². The van der Waals surface area contributed by atoms with Crippen molar-refractivity contribution in [2.75, 3.05) is 18.9 Å². The first-order valence-corrected chi connectivity index (χ1v) is 7.34. The average molecular weight is 286 g/mol. The van der Waals surface area contributed by atoms with Crippen molar-refractivity contribution >= 4 is 15.9 Å². The highest BCUT2D eigenvalue weighted by Gasteiger charge is 2.26. The van der Waals surface area contributed by atoms with E-state index >= 15 is 0 Å². The molecule has 1 aliphatic rings. The Kier molecular flexibility index (Phi) is 3.91. The Balaban J connectivity index is 1.89. The van der Waals surface area contributed by atoms with Gasteiger partial charge in [0.1, 0.15) is 6.61 Å². The monoisotopic (exact) mass is 286 g/mol. The molecular weight excluding hydrogens is 272 g/mol. The Bertz CT molecular complexity index is 572. The lowest BCUT2D eigenvalue weighted by molar-refractivity contribution is -0.130. The molecule has 104 valence electrons. The second-order valence-corrected chi connectivity index (χ2v) is 5.76. The Labute approximate surface area is 110 Å². The van der Waals surface area contributed by atoms with Gasteiger partial charge in [0.25, 0.3) is 5.91 Å². The van der Waals surface area contributed by atoms with E-state index in [0.29, 0.717) is 11.5 Å². The van der Waals surface area contributed by atoms with Crippen molar-refractivity contribution in [3.63, 3.8) is 0 Å². The Morgan fingerprint density at radius 2 is 2.05 bits per heavy atom. The van der Waals surface area contributed by atoms with Gasteiger partial charge in [0.05, 0.1) is 5.75 Å². The van der Waals surface area contributed by atoms with Crippen LogP contribution in [0.25, 0.3) is 0 Å². The normalized spacial score (nSPS) is 17.8. The molecule has 0 saturated carbocycles. The van der Waals surface area contributed by atoms with Crippen LogP contribution in [0.4, 0.5) is 0 Å². The summed E-state index contributed by atoms with van der Waals surface area (Å²) in [6.45, 7) is 0.0252. The van der Waals surface area contributed by atoms with Crippen molar-refractivity contribution in [1.29, 1.82) is 0 Å². The molecule has 0 saturated heterocycles. The Morgan fingerprint density at radius 3 is 2.74 bits per heavy atom. The molecule has 0 spiro atoms. The number of primary sulfonamides is 1. The first-order valence-electron chi connectivity index (χ1n) is 5.62. The standard InChI is InChI=1S/C11H14N2O5S/c12-19(15,16)6-5-13-11(14)10-7-17-8-3-1-2-4-9(8)18-10/h1-4,10H,5-7H2,(H,13,14)(H2,12,15,16). The number of carbonyl (C=O) groups is 1. The number of amides is 1. The SMILES string of the molecule is NS(=O)(=O)CCNC(=O)C1COc2ccccc2O1. The first kappa shape index (κ1) is 13.6. The number of fused-ring (bicyclic) bond motifs is 1. The van der Waals surface area contributed by atoms with Crippen LogP contribution in [0.3, 0.4) is 0 Å². The molecule has 0 aliphatic carbocycles. The number of rotatable bonds is 4. The highest BCUT2D eigenvalue weighted by Crippen LogP contribution is 2.30. The van der Waals surface area contributed by atoms with Crippen LogP contribution in [-0.4, -0.2) is 39.3 Å². The van der Waals surface area contributed by atoms with E-state index in [0.717, 1.165) is 0 Å². The van der Waals surface area contributed by atoms with Gasteiger partial charge in [-0.3, -0.25) is 4.79 Å². The summed E-state index contributed by atoms with van der Waals surface area (Å²) in [7, 11) is -3.59. The molecule has 7 nitrogen and oxygen atoms in total. The highest BCUT2D eigenvalue weighted by molar-refractivity contribution is 7.89. The lowest BCUT2D eigenvalue weighted by Gasteiger charge is -2.25. The molecule has 19 heavy (non-hydrogen) atoms. The topological polar surface area (TPSA) is 108 Å². The summed E-state index contributed by atoms with van der Waals surface area (Å²) in [6, 6.07) is 7.00. The fourth-order valence-corrected chi connectivity index (χ4v) is 1.97. The van der Waals surface area contributed by atoms with Crippen molar-refractivity contribution in [2.24, 2.45) is 5.14 Å². The largest absolute Gasteiger partial charge is 0.485 e. The number of hydrogen-bond acceptors (Lipinski definition) is 5. The van der Waals surface area contributed by atoms with Crippen molar-refractivity contribution < 1.29 is 22.7 Å². The van der Waals surface area contributed by atoms with Crippen LogP contribution in [0.15, 0.2) is 24.3 Å². The molecule has 1 aromatic carbocycles. The van der Waals surface area contributed by atoms with Gasteiger partial charge in [0, 0.05) is 6.54 Å². The third kappa shape index (κ3) is 3.83. The van der Waals surface area contributed by atoms with Gasteiger partial charge in [0.15, 0.2) is 11.5 Å². The van der Waals surface area contributed by atoms with Crippen LogP contribution in [0.1, 0.15) is 0 Å². The number of hydrogen-bond donors (Lipinski definition) is 2. The molecule has 3 N–H and O–H groups in total. The molecule has 0 radical (unpaired) electrons. The van der Waals surface area contributed by atoms with E-state index < -0.39 is 22.0 Å². The fraction of sp³-hybridized carbons (Fsp3) is 0.364. The summed E-state index contributed by atoms with van der Waals surface area (Å²) in [5.74, 6) is 0.317. The Hall–Kier alpha value is -1.80.